The van der Waals surface area contributed by atoms with Crippen LogP contribution in [-0.2, 0) is 0 Å². The van der Waals surface area contributed by atoms with Crippen molar-refractivity contribution in [3.8, 4) is 11.5 Å². The molecular formula is C12H15BrN4O. The molecule has 2 N–H and O–H groups in total. The van der Waals surface area contributed by atoms with Crippen LogP contribution in [0.2, 0.25) is 0 Å². The lowest BCUT2D eigenvalue weighted by molar-refractivity contribution is 0.429. The van der Waals surface area contributed by atoms with Crippen molar-refractivity contribution in [2.45, 2.75) is 13.8 Å². The first-order valence-electron chi connectivity index (χ1n) is 5.79. The van der Waals surface area contributed by atoms with Gasteiger partial charge < -0.3 is 15.2 Å². The van der Waals surface area contributed by atoms with Crippen molar-refractivity contribution in [1.29, 1.82) is 0 Å². The third-order valence-corrected chi connectivity index (χ3v) is 3.09. The smallest absolute Gasteiger partial charge is 0.266 e. The maximum absolute atomic E-state index is 5.79. The van der Waals surface area contributed by atoms with Crippen LogP contribution < -0.4 is 10.6 Å². The monoisotopic (exact) mass is 310 g/mol. The van der Waals surface area contributed by atoms with E-state index in [9.17, 15) is 0 Å². The predicted octanol–water partition coefficient (Wildman–Crippen LogP) is 2.93. The van der Waals surface area contributed by atoms with E-state index in [-0.39, 0.29) is 0 Å². The Morgan fingerprint density at radius 2 is 2.00 bits per heavy atom. The Kier molecular flexibility index (Phi) is 3.86. The highest BCUT2D eigenvalue weighted by molar-refractivity contribution is 9.10. The highest BCUT2D eigenvalue weighted by Gasteiger charge is 2.13. The van der Waals surface area contributed by atoms with Crippen molar-refractivity contribution in [1.82, 2.24) is 10.1 Å². The summed E-state index contributed by atoms with van der Waals surface area (Å²) in [5, 5.41) is 3.98. The largest absolute Gasteiger partial charge is 0.399 e. The Morgan fingerprint density at radius 1 is 1.28 bits per heavy atom. The lowest BCUT2D eigenvalue weighted by Crippen LogP contribution is -2.22. The molecule has 0 aliphatic heterocycles. The van der Waals surface area contributed by atoms with E-state index in [1.165, 1.54) is 0 Å². The van der Waals surface area contributed by atoms with Gasteiger partial charge in [-0.1, -0.05) is 15.9 Å². The van der Waals surface area contributed by atoms with Crippen LogP contribution in [0, 0.1) is 0 Å². The summed E-state index contributed by atoms with van der Waals surface area (Å²) in [6, 6.07) is 5.53. The second-order valence-corrected chi connectivity index (χ2v) is 4.76. The van der Waals surface area contributed by atoms with Crippen molar-refractivity contribution < 1.29 is 4.52 Å². The average Bonchev–Trinajstić information content (AvgIpc) is 2.79. The van der Waals surface area contributed by atoms with Crippen molar-refractivity contribution >= 4 is 27.6 Å². The molecule has 0 unspecified atom stereocenters. The van der Waals surface area contributed by atoms with Crippen LogP contribution in [0.25, 0.3) is 11.5 Å². The van der Waals surface area contributed by atoms with Gasteiger partial charge in [-0.25, -0.2) is 0 Å². The van der Waals surface area contributed by atoms with E-state index in [0.717, 1.165) is 23.1 Å². The number of anilines is 2. The minimum atomic E-state index is 0.477. The Bertz CT molecular complexity index is 516. The summed E-state index contributed by atoms with van der Waals surface area (Å²) in [6.07, 6.45) is 0. The molecule has 0 bridgehead atoms. The number of aromatic nitrogens is 2. The standard InChI is InChI=1S/C12H15BrN4O/c1-3-17(4-2)12-15-11(18-16-12)8-5-9(13)7-10(14)6-8/h5-7H,3-4,14H2,1-2H3. The molecule has 0 saturated carbocycles. The van der Waals surface area contributed by atoms with Crippen LogP contribution in [0.4, 0.5) is 11.6 Å². The highest BCUT2D eigenvalue weighted by atomic mass is 79.9. The zero-order chi connectivity index (χ0) is 13.1. The third kappa shape index (κ3) is 2.64. The molecule has 1 heterocycles. The molecule has 0 aliphatic carbocycles. The molecule has 0 spiro atoms. The molecule has 2 aromatic rings. The Morgan fingerprint density at radius 3 is 2.61 bits per heavy atom. The second kappa shape index (κ2) is 5.39. The summed E-state index contributed by atoms with van der Waals surface area (Å²) in [4.78, 5) is 6.40. The number of hydrogen-bond donors (Lipinski definition) is 1. The predicted molar refractivity (Wildman–Crippen MR) is 75.4 cm³/mol. The molecule has 1 aromatic heterocycles. The number of rotatable bonds is 4. The fourth-order valence-corrected chi connectivity index (χ4v) is 2.21. The Hall–Kier alpha value is -1.56. The molecule has 0 saturated heterocycles. The Balaban J connectivity index is 2.34. The quantitative estimate of drug-likeness (QED) is 0.879. The first-order valence-corrected chi connectivity index (χ1v) is 6.58. The van der Waals surface area contributed by atoms with Crippen LogP contribution in [0.3, 0.4) is 0 Å². The highest BCUT2D eigenvalue weighted by Crippen LogP contribution is 2.26. The van der Waals surface area contributed by atoms with Crippen molar-refractivity contribution in [2.75, 3.05) is 23.7 Å². The van der Waals surface area contributed by atoms with Gasteiger partial charge in [-0.15, -0.1) is 0 Å². The minimum Gasteiger partial charge on any atom is -0.399 e. The molecule has 18 heavy (non-hydrogen) atoms. The topological polar surface area (TPSA) is 68.2 Å². The van der Waals surface area contributed by atoms with Crippen LogP contribution in [0.1, 0.15) is 13.8 Å². The molecule has 2 rings (SSSR count). The van der Waals surface area contributed by atoms with E-state index in [1.54, 1.807) is 0 Å². The normalized spacial score (nSPS) is 10.6. The van der Waals surface area contributed by atoms with Gasteiger partial charge in [0.2, 0.25) is 0 Å². The van der Waals surface area contributed by atoms with Gasteiger partial charge in [0, 0.05) is 28.8 Å². The van der Waals surface area contributed by atoms with Gasteiger partial charge in [-0.3, -0.25) is 0 Å². The van der Waals surface area contributed by atoms with E-state index < -0.39 is 0 Å². The molecule has 5 nitrogen and oxygen atoms in total. The van der Waals surface area contributed by atoms with E-state index in [1.807, 2.05) is 23.1 Å². The molecule has 0 aliphatic rings. The maximum Gasteiger partial charge on any atom is 0.266 e. The van der Waals surface area contributed by atoms with Gasteiger partial charge in [0.15, 0.2) is 0 Å². The summed E-state index contributed by atoms with van der Waals surface area (Å²) in [6.45, 7) is 5.79. The van der Waals surface area contributed by atoms with Crippen LogP contribution >= 0.6 is 15.9 Å². The molecular weight excluding hydrogens is 296 g/mol. The number of nitrogen functional groups attached to an aromatic ring is 1. The number of hydrogen-bond acceptors (Lipinski definition) is 5. The van der Waals surface area contributed by atoms with Gasteiger partial charge in [0.1, 0.15) is 0 Å². The Labute approximate surface area is 114 Å². The first kappa shape index (κ1) is 12.9. The average molecular weight is 311 g/mol. The number of nitrogens with two attached hydrogens (primary N) is 1. The lowest BCUT2D eigenvalue weighted by Gasteiger charge is -2.14. The maximum atomic E-state index is 5.79. The zero-order valence-corrected chi connectivity index (χ0v) is 11.9. The number of benzene rings is 1. The minimum absolute atomic E-state index is 0.477. The van der Waals surface area contributed by atoms with E-state index in [0.29, 0.717) is 17.5 Å². The van der Waals surface area contributed by atoms with Gasteiger partial charge >= 0.3 is 0 Å². The van der Waals surface area contributed by atoms with Gasteiger partial charge in [-0.05, 0) is 37.2 Å². The molecule has 0 atom stereocenters. The zero-order valence-electron chi connectivity index (χ0n) is 10.4. The lowest BCUT2D eigenvalue weighted by atomic mass is 10.2. The fraction of sp³-hybridized carbons (Fsp3) is 0.333. The molecule has 6 heteroatoms. The number of nitrogens with zero attached hydrogens (tertiary/aromatic N) is 3. The summed E-state index contributed by atoms with van der Waals surface area (Å²) >= 11 is 3.39. The van der Waals surface area contributed by atoms with Gasteiger partial charge in [-0.2, -0.15) is 4.98 Å². The van der Waals surface area contributed by atoms with E-state index in [2.05, 4.69) is 39.9 Å². The van der Waals surface area contributed by atoms with Gasteiger partial charge in [0.05, 0.1) is 0 Å². The summed E-state index contributed by atoms with van der Waals surface area (Å²) in [5.74, 6) is 1.08. The second-order valence-electron chi connectivity index (χ2n) is 3.85. The summed E-state index contributed by atoms with van der Waals surface area (Å²) < 4.78 is 6.16. The molecule has 0 fully saturated rings. The van der Waals surface area contributed by atoms with Crippen LogP contribution in [0.15, 0.2) is 27.2 Å². The van der Waals surface area contributed by atoms with Crippen molar-refractivity contribution in [3.63, 3.8) is 0 Å². The molecule has 0 radical (unpaired) electrons. The van der Waals surface area contributed by atoms with E-state index >= 15 is 0 Å². The first-order chi connectivity index (χ1) is 8.63. The molecule has 1 aromatic carbocycles. The third-order valence-electron chi connectivity index (χ3n) is 2.63. The van der Waals surface area contributed by atoms with Crippen molar-refractivity contribution in [2.24, 2.45) is 0 Å². The number of halogens is 1. The molecule has 96 valence electrons. The fourth-order valence-electron chi connectivity index (χ4n) is 1.70. The SMILES string of the molecule is CCN(CC)c1noc(-c2cc(N)cc(Br)c2)n1. The van der Waals surface area contributed by atoms with Crippen LogP contribution in [0.5, 0.6) is 0 Å². The van der Waals surface area contributed by atoms with Crippen LogP contribution in [-0.4, -0.2) is 23.2 Å². The van der Waals surface area contributed by atoms with Crippen molar-refractivity contribution in [3.05, 3.63) is 22.7 Å². The summed E-state index contributed by atoms with van der Waals surface area (Å²) in [5.41, 5.74) is 7.25. The summed E-state index contributed by atoms with van der Waals surface area (Å²) in [7, 11) is 0. The molecule has 0 amide bonds. The van der Waals surface area contributed by atoms with E-state index in [4.69, 9.17) is 10.3 Å². The van der Waals surface area contributed by atoms with Gasteiger partial charge in [0.25, 0.3) is 11.8 Å².